The zero-order valence-electron chi connectivity index (χ0n) is 10.1. The van der Waals surface area contributed by atoms with E-state index in [0.29, 0.717) is 9.50 Å². The molecule has 1 atom stereocenters. The van der Waals surface area contributed by atoms with Crippen LogP contribution in [0.4, 0.5) is 4.39 Å². The Morgan fingerprint density at radius 1 is 1.11 bits per heavy atom. The van der Waals surface area contributed by atoms with E-state index in [-0.39, 0.29) is 11.9 Å². The topological polar surface area (TPSA) is 12.0 Å². The average molecular weight is 408 g/mol. The van der Waals surface area contributed by atoms with Gasteiger partial charge in [0.2, 0.25) is 0 Å². The summed E-state index contributed by atoms with van der Waals surface area (Å²) in [6, 6.07) is 10.5. The van der Waals surface area contributed by atoms with E-state index in [2.05, 4.69) is 37.2 Å². The Bertz CT molecular complexity index is 604. The fourth-order valence-corrected chi connectivity index (χ4v) is 2.98. The molecule has 0 aliphatic rings. The first kappa shape index (κ1) is 15.0. The van der Waals surface area contributed by atoms with Crippen LogP contribution in [-0.4, -0.2) is 7.05 Å². The second-order valence-corrected chi connectivity index (χ2v) is 6.21. The first-order chi connectivity index (χ1) is 9.02. The fraction of sp³-hybridized carbons (Fsp3) is 0.143. The molecular weight excluding hydrogens is 396 g/mol. The van der Waals surface area contributed by atoms with Crippen molar-refractivity contribution in [3.63, 3.8) is 0 Å². The fourth-order valence-electron chi connectivity index (χ4n) is 1.93. The van der Waals surface area contributed by atoms with Crippen molar-refractivity contribution in [1.29, 1.82) is 0 Å². The monoisotopic (exact) mass is 405 g/mol. The van der Waals surface area contributed by atoms with Crippen molar-refractivity contribution in [3.05, 3.63) is 67.3 Å². The maximum Gasteiger partial charge on any atom is 0.137 e. The van der Waals surface area contributed by atoms with E-state index in [9.17, 15) is 4.39 Å². The van der Waals surface area contributed by atoms with Crippen molar-refractivity contribution in [2.24, 2.45) is 0 Å². The molecule has 2 rings (SSSR count). The normalized spacial score (nSPS) is 12.5. The minimum Gasteiger partial charge on any atom is -0.309 e. The van der Waals surface area contributed by atoms with Crippen LogP contribution in [-0.2, 0) is 0 Å². The zero-order valence-corrected chi connectivity index (χ0v) is 14.0. The molecule has 0 radical (unpaired) electrons. The van der Waals surface area contributed by atoms with E-state index in [1.807, 2.05) is 25.2 Å². The van der Waals surface area contributed by atoms with Gasteiger partial charge in [-0.25, -0.2) is 4.39 Å². The number of hydrogen-bond acceptors (Lipinski definition) is 1. The molecule has 0 spiro atoms. The van der Waals surface area contributed by atoms with Gasteiger partial charge < -0.3 is 5.32 Å². The Labute approximate surface area is 133 Å². The lowest BCUT2D eigenvalue weighted by atomic mass is 9.99. The molecule has 1 N–H and O–H groups in total. The van der Waals surface area contributed by atoms with E-state index in [0.717, 1.165) is 15.6 Å². The van der Waals surface area contributed by atoms with E-state index in [1.165, 1.54) is 6.07 Å². The molecular formula is C14H11Br2ClFN. The van der Waals surface area contributed by atoms with Gasteiger partial charge in [0.15, 0.2) is 0 Å². The molecule has 5 heteroatoms. The standard InChI is InChI=1S/C14H11Br2ClFN/c1-19-14(8-2-5-13(18)12(16)6-8)10-7-9(17)3-4-11(10)15/h2-7,14,19H,1H3. The first-order valence-corrected chi connectivity index (χ1v) is 7.56. The van der Waals surface area contributed by atoms with Crippen LogP contribution < -0.4 is 5.32 Å². The maximum absolute atomic E-state index is 13.3. The lowest BCUT2D eigenvalue weighted by Crippen LogP contribution is -2.18. The van der Waals surface area contributed by atoms with E-state index < -0.39 is 0 Å². The van der Waals surface area contributed by atoms with Gasteiger partial charge in [0.05, 0.1) is 10.5 Å². The second kappa shape index (κ2) is 6.35. The summed E-state index contributed by atoms with van der Waals surface area (Å²) < 4.78 is 14.7. The van der Waals surface area contributed by atoms with Crippen LogP contribution in [0.5, 0.6) is 0 Å². The minimum absolute atomic E-state index is 0.0648. The van der Waals surface area contributed by atoms with Gasteiger partial charge in [-0.05, 0) is 64.4 Å². The van der Waals surface area contributed by atoms with Crippen LogP contribution in [0.1, 0.15) is 17.2 Å². The average Bonchev–Trinajstić information content (AvgIpc) is 2.38. The summed E-state index contributed by atoms with van der Waals surface area (Å²) >= 11 is 12.8. The lowest BCUT2D eigenvalue weighted by Gasteiger charge is -2.19. The number of hydrogen-bond donors (Lipinski definition) is 1. The molecule has 2 aromatic carbocycles. The van der Waals surface area contributed by atoms with Gasteiger partial charge in [0.25, 0.3) is 0 Å². The summed E-state index contributed by atoms with van der Waals surface area (Å²) in [7, 11) is 1.86. The number of nitrogens with one attached hydrogen (secondary N) is 1. The highest BCUT2D eigenvalue weighted by molar-refractivity contribution is 9.10. The lowest BCUT2D eigenvalue weighted by molar-refractivity contribution is 0.616. The Hall–Kier alpha value is -0.420. The van der Waals surface area contributed by atoms with Gasteiger partial charge in [-0.2, -0.15) is 0 Å². The molecule has 0 saturated carbocycles. The SMILES string of the molecule is CNC(c1ccc(F)c(Br)c1)c1cc(Cl)ccc1Br. The number of rotatable bonds is 3. The molecule has 0 fully saturated rings. The van der Waals surface area contributed by atoms with Gasteiger partial charge in [0.1, 0.15) is 5.82 Å². The van der Waals surface area contributed by atoms with E-state index >= 15 is 0 Å². The minimum atomic E-state index is -0.274. The molecule has 0 amide bonds. The van der Waals surface area contributed by atoms with E-state index in [1.54, 1.807) is 12.1 Å². The Morgan fingerprint density at radius 2 is 1.84 bits per heavy atom. The van der Waals surface area contributed by atoms with Crippen LogP contribution in [0.15, 0.2) is 45.3 Å². The molecule has 0 bridgehead atoms. The summed E-state index contributed by atoms with van der Waals surface area (Å²) in [5.41, 5.74) is 1.97. The summed E-state index contributed by atoms with van der Waals surface area (Å²) in [4.78, 5) is 0. The molecule has 100 valence electrons. The quantitative estimate of drug-likeness (QED) is 0.727. The van der Waals surface area contributed by atoms with Crippen LogP contribution in [0.2, 0.25) is 5.02 Å². The molecule has 0 heterocycles. The van der Waals surface area contributed by atoms with Crippen molar-refractivity contribution >= 4 is 43.5 Å². The first-order valence-electron chi connectivity index (χ1n) is 5.60. The maximum atomic E-state index is 13.3. The Balaban J connectivity index is 2.49. The predicted octanol–water partition coefficient (Wildman–Crippen LogP) is 5.31. The highest BCUT2D eigenvalue weighted by atomic mass is 79.9. The molecule has 0 aliphatic heterocycles. The van der Waals surface area contributed by atoms with Gasteiger partial charge in [-0.3, -0.25) is 0 Å². The second-order valence-electron chi connectivity index (χ2n) is 4.06. The number of halogens is 4. The Morgan fingerprint density at radius 3 is 2.47 bits per heavy atom. The van der Waals surface area contributed by atoms with Crippen molar-refractivity contribution < 1.29 is 4.39 Å². The third-order valence-corrected chi connectivity index (χ3v) is 4.40. The van der Waals surface area contributed by atoms with Gasteiger partial charge in [-0.15, -0.1) is 0 Å². The summed E-state index contributed by atoms with van der Waals surface area (Å²) in [5.74, 6) is -0.274. The van der Waals surface area contributed by atoms with Gasteiger partial charge >= 0.3 is 0 Å². The van der Waals surface area contributed by atoms with Crippen LogP contribution >= 0.6 is 43.5 Å². The van der Waals surface area contributed by atoms with Crippen LogP contribution in [0.3, 0.4) is 0 Å². The van der Waals surface area contributed by atoms with Crippen LogP contribution in [0, 0.1) is 5.82 Å². The van der Waals surface area contributed by atoms with Gasteiger partial charge in [-0.1, -0.05) is 33.6 Å². The third kappa shape index (κ3) is 3.37. The van der Waals surface area contributed by atoms with Crippen molar-refractivity contribution in [2.45, 2.75) is 6.04 Å². The zero-order chi connectivity index (χ0) is 14.0. The molecule has 0 aromatic heterocycles. The van der Waals surface area contributed by atoms with Crippen molar-refractivity contribution in [1.82, 2.24) is 5.32 Å². The molecule has 0 aliphatic carbocycles. The predicted molar refractivity (Wildman–Crippen MR) is 84.2 cm³/mol. The van der Waals surface area contributed by atoms with E-state index in [4.69, 9.17) is 11.6 Å². The molecule has 1 unspecified atom stereocenters. The molecule has 19 heavy (non-hydrogen) atoms. The summed E-state index contributed by atoms with van der Waals surface area (Å²) in [5, 5.41) is 3.88. The highest BCUT2D eigenvalue weighted by Gasteiger charge is 2.16. The molecule has 2 aromatic rings. The third-order valence-electron chi connectivity index (χ3n) is 2.83. The summed E-state index contributed by atoms with van der Waals surface area (Å²) in [6.45, 7) is 0. The van der Waals surface area contributed by atoms with Crippen molar-refractivity contribution in [3.8, 4) is 0 Å². The Kier molecular flexibility index (Phi) is 5.01. The smallest absolute Gasteiger partial charge is 0.137 e. The highest BCUT2D eigenvalue weighted by Crippen LogP contribution is 2.32. The molecule has 1 nitrogen and oxygen atoms in total. The van der Waals surface area contributed by atoms with Crippen molar-refractivity contribution in [2.75, 3.05) is 7.05 Å². The molecule has 0 saturated heterocycles. The van der Waals surface area contributed by atoms with Gasteiger partial charge in [0, 0.05) is 9.50 Å². The largest absolute Gasteiger partial charge is 0.309 e. The number of benzene rings is 2. The van der Waals surface area contributed by atoms with Crippen LogP contribution in [0.25, 0.3) is 0 Å². The summed E-state index contributed by atoms with van der Waals surface area (Å²) in [6.07, 6.45) is 0.